The number of carbonyl (C=O) groups excluding carboxylic acids is 1. The van der Waals surface area contributed by atoms with Crippen LogP contribution in [0.1, 0.15) is 67.7 Å². The smallest absolute Gasteiger partial charge is 0.241 e. The van der Waals surface area contributed by atoms with Crippen molar-refractivity contribution in [3.05, 3.63) is 0 Å². The number of hydrogen-bond acceptors (Lipinski definition) is 2. The molecule has 3 unspecified atom stereocenters. The number of rotatable bonds is 7. The third-order valence-corrected chi connectivity index (χ3v) is 4.20. The molecule has 0 aromatic heterocycles. The molecule has 3 nitrogen and oxygen atoms in total. The van der Waals surface area contributed by atoms with Gasteiger partial charge in [0.25, 0.3) is 0 Å². The number of hydrogen-bond donors (Lipinski definition) is 1. The minimum absolute atomic E-state index is 0.0175. The van der Waals surface area contributed by atoms with E-state index >= 15 is 0 Å². The van der Waals surface area contributed by atoms with Gasteiger partial charge in [0.2, 0.25) is 5.91 Å². The Bertz CT molecular complexity index is 312. The Morgan fingerprint density at radius 2 is 1.60 bits per heavy atom. The first-order chi connectivity index (χ1) is 9.23. The van der Waals surface area contributed by atoms with E-state index in [1.807, 2.05) is 0 Å². The summed E-state index contributed by atoms with van der Waals surface area (Å²) in [5, 5.41) is 3.57. The standard InChI is InChI=1S/C17H34N2O/c1-11(2)8-9-14(7)19-16(13(5)6)18-15(17(19)20)10-12(3)4/h11-16,18H,8-10H2,1-7H3. The van der Waals surface area contributed by atoms with Crippen LogP contribution < -0.4 is 5.32 Å². The summed E-state index contributed by atoms with van der Waals surface area (Å²) in [6.45, 7) is 15.5. The van der Waals surface area contributed by atoms with Crippen LogP contribution >= 0.6 is 0 Å². The summed E-state index contributed by atoms with van der Waals surface area (Å²) < 4.78 is 0. The summed E-state index contributed by atoms with van der Waals surface area (Å²) in [6.07, 6.45) is 3.43. The van der Waals surface area contributed by atoms with E-state index < -0.39 is 0 Å². The second-order valence-corrected chi connectivity index (χ2v) is 7.60. The number of amides is 1. The van der Waals surface area contributed by atoms with Gasteiger partial charge in [0, 0.05) is 6.04 Å². The third-order valence-electron chi connectivity index (χ3n) is 4.20. The summed E-state index contributed by atoms with van der Waals surface area (Å²) in [5.41, 5.74) is 0. The van der Waals surface area contributed by atoms with Gasteiger partial charge in [-0.25, -0.2) is 0 Å². The van der Waals surface area contributed by atoms with Gasteiger partial charge in [-0.2, -0.15) is 0 Å². The molecular weight excluding hydrogens is 248 g/mol. The van der Waals surface area contributed by atoms with Gasteiger partial charge in [-0.15, -0.1) is 0 Å². The molecule has 20 heavy (non-hydrogen) atoms. The molecule has 1 aliphatic rings. The maximum atomic E-state index is 12.7. The largest absolute Gasteiger partial charge is 0.323 e. The van der Waals surface area contributed by atoms with E-state index in [2.05, 4.69) is 58.7 Å². The normalized spacial score (nSPS) is 25.3. The summed E-state index contributed by atoms with van der Waals surface area (Å²) >= 11 is 0. The lowest BCUT2D eigenvalue weighted by atomic mass is 10.0. The zero-order valence-electron chi connectivity index (χ0n) is 14.4. The number of nitrogens with one attached hydrogen (secondary N) is 1. The van der Waals surface area contributed by atoms with Gasteiger partial charge in [-0.3, -0.25) is 10.1 Å². The second-order valence-electron chi connectivity index (χ2n) is 7.60. The lowest BCUT2D eigenvalue weighted by Crippen LogP contribution is -2.46. The van der Waals surface area contributed by atoms with E-state index in [-0.39, 0.29) is 12.2 Å². The Hall–Kier alpha value is -0.570. The first kappa shape index (κ1) is 17.5. The summed E-state index contributed by atoms with van der Waals surface area (Å²) in [6, 6.07) is 0.353. The van der Waals surface area contributed by atoms with Crippen molar-refractivity contribution in [2.24, 2.45) is 17.8 Å². The fourth-order valence-corrected chi connectivity index (χ4v) is 3.03. The molecule has 0 spiro atoms. The van der Waals surface area contributed by atoms with Crippen molar-refractivity contribution < 1.29 is 4.79 Å². The molecule has 1 amide bonds. The maximum absolute atomic E-state index is 12.7. The minimum Gasteiger partial charge on any atom is -0.323 e. The van der Waals surface area contributed by atoms with Gasteiger partial charge in [0.05, 0.1) is 12.2 Å². The van der Waals surface area contributed by atoms with Crippen LogP contribution in [0.5, 0.6) is 0 Å². The van der Waals surface area contributed by atoms with Crippen molar-refractivity contribution in [3.63, 3.8) is 0 Å². The molecule has 0 aliphatic carbocycles. The molecule has 1 saturated heterocycles. The maximum Gasteiger partial charge on any atom is 0.241 e. The van der Waals surface area contributed by atoms with Gasteiger partial charge >= 0.3 is 0 Å². The van der Waals surface area contributed by atoms with E-state index in [1.54, 1.807) is 0 Å². The van der Waals surface area contributed by atoms with Gasteiger partial charge < -0.3 is 4.90 Å². The quantitative estimate of drug-likeness (QED) is 0.773. The summed E-state index contributed by atoms with van der Waals surface area (Å²) in [4.78, 5) is 14.8. The third kappa shape index (κ3) is 4.47. The molecule has 1 N–H and O–H groups in total. The molecule has 0 saturated carbocycles. The first-order valence-corrected chi connectivity index (χ1v) is 8.32. The molecule has 3 heteroatoms. The second kappa shape index (κ2) is 7.44. The Labute approximate surface area is 125 Å². The average Bonchev–Trinajstić information content (AvgIpc) is 2.63. The molecule has 3 atom stereocenters. The zero-order chi connectivity index (χ0) is 15.4. The Morgan fingerprint density at radius 1 is 1.00 bits per heavy atom. The van der Waals surface area contributed by atoms with Gasteiger partial charge in [-0.1, -0.05) is 41.5 Å². The van der Waals surface area contributed by atoms with Crippen molar-refractivity contribution in [1.29, 1.82) is 0 Å². The highest BCUT2D eigenvalue weighted by Gasteiger charge is 2.42. The molecule has 0 radical (unpaired) electrons. The van der Waals surface area contributed by atoms with Crippen molar-refractivity contribution >= 4 is 5.91 Å². The lowest BCUT2D eigenvalue weighted by Gasteiger charge is -2.33. The van der Waals surface area contributed by atoms with Crippen LogP contribution in [0.15, 0.2) is 0 Å². The van der Waals surface area contributed by atoms with E-state index in [1.165, 1.54) is 6.42 Å². The summed E-state index contributed by atoms with van der Waals surface area (Å²) in [7, 11) is 0. The van der Waals surface area contributed by atoms with Crippen LogP contribution in [-0.4, -0.2) is 29.1 Å². The number of nitrogens with zero attached hydrogens (tertiary/aromatic N) is 1. The van der Waals surface area contributed by atoms with E-state index in [9.17, 15) is 4.79 Å². The SMILES string of the molecule is CC(C)CCC(C)N1C(=O)C(CC(C)C)NC1C(C)C. The molecular formula is C17H34N2O. The van der Waals surface area contributed by atoms with Crippen LogP contribution in [0, 0.1) is 17.8 Å². The Morgan fingerprint density at radius 3 is 2.05 bits per heavy atom. The van der Waals surface area contributed by atoms with Crippen molar-refractivity contribution in [1.82, 2.24) is 10.2 Å². The molecule has 0 bridgehead atoms. The highest BCUT2D eigenvalue weighted by atomic mass is 16.2. The molecule has 1 rings (SSSR count). The van der Waals surface area contributed by atoms with Crippen LogP contribution in [0.2, 0.25) is 0 Å². The minimum atomic E-state index is 0.0175. The van der Waals surface area contributed by atoms with E-state index in [4.69, 9.17) is 0 Å². The molecule has 1 heterocycles. The highest BCUT2D eigenvalue weighted by Crippen LogP contribution is 2.26. The van der Waals surface area contributed by atoms with Crippen molar-refractivity contribution in [2.45, 2.75) is 86.0 Å². The predicted molar refractivity (Wildman–Crippen MR) is 85.4 cm³/mol. The van der Waals surface area contributed by atoms with E-state index in [0.717, 1.165) is 12.8 Å². The van der Waals surface area contributed by atoms with Crippen molar-refractivity contribution in [2.75, 3.05) is 0 Å². The van der Waals surface area contributed by atoms with E-state index in [0.29, 0.717) is 29.7 Å². The molecule has 1 aliphatic heterocycles. The molecule has 118 valence electrons. The lowest BCUT2D eigenvalue weighted by molar-refractivity contribution is -0.133. The predicted octanol–water partition coefficient (Wildman–Crippen LogP) is 3.64. The number of carbonyl (C=O) groups is 1. The monoisotopic (exact) mass is 282 g/mol. The zero-order valence-corrected chi connectivity index (χ0v) is 14.4. The first-order valence-electron chi connectivity index (χ1n) is 8.32. The van der Waals surface area contributed by atoms with Crippen molar-refractivity contribution in [3.8, 4) is 0 Å². The molecule has 0 aromatic rings. The molecule has 0 aromatic carbocycles. The fraction of sp³-hybridized carbons (Fsp3) is 0.941. The van der Waals surface area contributed by atoms with Gasteiger partial charge in [0.15, 0.2) is 0 Å². The summed E-state index contributed by atoms with van der Waals surface area (Å²) in [5.74, 6) is 2.02. The highest BCUT2D eigenvalue weighted by molar-refractivity contribution is 5.84. The Kier molecular flexibility index (Phi) is 6.50. The van der Waals surface area contributed by atoms with Crippen LogP contribution in [0.4, 0.5) is 0 Å². The van der Waals surface area contributed by atoms with Crippen LogP contribution in [0.3, 0.4) is 0 Å². The van der Waals surface area contributed by atoms with Gasteiger partial charge in [0.1, 0.15) is 0 Å². The van der Waals surface area contributed by atoms with Gasteiger partial charge in [-0.05, 0) is 43.9 Å². The molecule has 1 fully saturated rings. The Balaban J connectivity index is 2.76. The average molecular weight is 282 g/mol. The van der Waals surface area contributed by atoms with Crippen LogP contribution in [-0.2, 0) is 4.79 Å². The fourth-order valence-electron chi connectivity index (χ4n) is 3.03. The topological polar surface area (TPSA) is 32.3 Å². The van der Waals surface area contributed by atoms with Crippen LogP contribution in [0.25, 0.3) is 0 Å².